The van der Waals surface area contributed by atoms with E-state index in [1.165, 1.54) is 0 Å². The molecular formula is C18H26N2O3. The average Bonchev–Trinajstić information content (AvgIpc) is 2.89. The molecule has 0 saturated heterocycles. The zero-order chi connectivity index (χ0) is 17.0. The largest absolute Gasteiger partial charge is 0.480 e. The monoisotopic (exact) mass is 318 g/mol. The van der Waals surface area contributed by atoms with Gasteiger partial charge < -0.3 is 10.4 Å². The molecule has 1 heterocycles. The number of carboxylic acid groups (broad SMARTS) is 1. The van der Waals surface area contributed by atoms with Gasteiger partial charge in [0.1, 0.15) is 6.04 Å². The molecule has 1 aromatic rings. The Morgan fingerprint density at radius 2 is 2.17 bits per heavy atom. The van der Waals surface area contributed by atoms with Crippen LogP contribution in [-0.2, 0) is 11.2 Å². The Hall–Kier alpha value is -1.88. The maximum absolute atomic E-state index is 12.6. The molecular weight excluding hydrogens is 292 g/mol. The van der Waals surface area contributed by atoms with Crippen LogP contribution in [0.1, 0.15) is 56.0 Å². The van der Waals surface area contributed by atoms with E-state index < -0.39 is 18.1 Å². The molecule has 1 aliphatic heterocycles. The number of rotatable bonds is 8. The summed E-state index contributed by atoms with van der Waals surface area (Å²) in [6.07, 6.45) is 3.21. The Morgan fingerprint density at radius 1 is 1.43 bits per heavy atom. The van der Waals surface area contributed by atoms with Gasteiger partial charge in [0.05, 0.1) is 6.04 Å². The number of benzene rings is 1. The predicted molar refractivity (Wildman–Crippen MR) is 91.1 cm³/mol. The van der Waals surface area contributed by atoms with Gasteiger partial charge in [0.15, 0.2) is 5.78 Å². The first-order valence-corrected chi connectivity index (χ1v) is 8.35. The van der Waals surface area contributed by atoms with Crippen molar-refractivity contribution in [3.05, 3.63) is 29.3 Å². The third-order valence-corrected chi connectivity index (χ3v) is 4.31. The quantitative estimate of drug-likeness (QED) is 0.642. The molecule has 1 aliphatic rings. The molecule has 126 valence electrons. The molecule has 0 fully saturated rings. The van der Waals surface area contributed by atoms with Crippen molar-refractivity contribution in [3.8, 4) is 0 Å². The van der Waals surface area contributed by atoms with E-state index in [0.717, 1.165) is 30.5 Å². The highest BCUT2D eigenvalue weighted by Crippen LogP contribution is 2.27. The molecule has 23 heavy (non-hydrogen) atoms. The lowest BCUT2D eigenvalue weighted by Crippen LogP contribution is -2.45. The Morgan fingerprint density at radius 3 is 2.83 bits per heavy atom. The molecule has 5 heteroatoms. The van der Waals surface area contributed by atoms with E-state index in [9.17, 15) is 14.7 Å². The third kappa shape index (κ3) is 4.32. The minimum Gasteiger partial charge on any atom is -0.480 e. The van der Waals surface area contributed by atoms with E-state index >= 15 is 0 Å². The average molecular weight is 318 g/mol. The topological polar surface area (TPSA) is 78.4 Å². The Balaban J connectivity index is 2.04. The lowest BCUT2D eigenvalue weighted by atomic mass is 10.00. The molecule has 3 atom stereocenters. The number of fused-ring (bicyclic) bond motifs is 1. The van der Waals surface area contributed by atoms with Crippen molar-refractivity contribution < 1.29 is 14.7 Å². The number of ketones is 1. The van der Waals surface area contributed by atoms with Gasteiger partial charge in [0, 0.05) is 17.3 Å². The number of anilines is 1. The molecule has 0 saturated carbocycles. The molecule has 3 N–H and O–H groups in total. The molecule has 0 bridgehead atoms. The van der Waals surface area contributed by atoms with Crippen molar-refractivity contribution in [2.75, 3.05) is 5.32 Å². The number of nitrogens with one attached hydrogen (secondary N) is 2. The smallest absolute Gasteiger partial charge is 0.320 e. The highest BCUT2D eigenvalue weighted by atomic mass is 16.4. The number of hydrogen-bond donors (Lipinski definition) is 3. The molecule has 0 aromatic heterocycles. The minimum absolute atomic E-state index is 0.0601. The maximum atomic E-state index is 12.6. The second-order valence-electron chi connectivity index (χ2n) is 6.41. The second-order valence-corrected chi connectivity index (χ2v) is 6.41. The van der Waals surface area contributed by atoms with Crippen LogP contribution < -0.4 is 10.6 Å². The van der Waals surface area contributed by atoms with Gasteiger partial charge in [0.25, 0.3) is 0 Å². The normalized spacial score (nSPS) is 18.8. The number of unbranched alkanes of at least 4 members (excludes halogenated alkanes) is 1. The van der Waals surface area contributed by atoms with E-state index in [-0.39, 0.29) is 5.78 Å². The summed E-state index contributed by atoms with van der Waals surface area (Å²) in [6.45, 7) is 5.86. The molecule has 2 rings (SSSR count). The Labute approximate surface area is 137 Å². The highest BCUT2D eigenvalue weighted by Gasteiger charge is 2.25. The lowest BCUT2D eigenvalue weighted by molar-refractivity contribution is -0.139. The van der Waals surface area contributed by atoms with Crippen molar-refractivity contribution in [2.45, 2.75) is 64.6 Å². The fourth-order valence-corrected chi connectivity index (χ4v) is 3.02. The molecule has 0 spiro atoms. The summed E-state index contributed by atoms with van der Waals surface area (Å²) in [5.74, 6) is -0.958. The standard InChI is InChI=1S/C18H26N2O3/c1-4-5-6-16(18(22)23)20-12(3)17(21)13-7-8-15-14(10-13)9-11(2)19-15/h7-8,10-12,16,19-20H,4-6,9H2,1-3H3,(H,22,23). The van der Waals surface area contributed by atoms with Crippen molar-refractivity contribution in [1.82, 2.24) is 5.32 Å². The van der Waals surface area contributed by atoms with E-state index in [1.807, 2.05) is 25.1 Å². The molecule has 1 aromatic carbocycles. The van der Waals surface area contributed by atoms with E-state index in [4.69, 9.17) is 0 Å². The van der Waals surface area contributed by atoms with Crippen LogP contribution in [0.4, 0.5) is 5.69 Å². The summed E-state index contributed by atoms with van der Waals surface area (Å²) >= 11 is 0. The molecule has 0 radical (unpaired) electrons. The van der Waals surface area contributed by atoms with E-state index in [1.54, 1.807) is 6.92 Å². The summed E-state index contributed by atoms with van der Waals surface area (Å²) in [6, 6.07) is 4.87. The molecule has 0 amide bonds. The fourth-order valence-electron chi connectivity index (χ4n) is 3.02. The zero-order valence-corrected chi connectivity index (χ0v) is 14.1. The first-order valence-electron chi connectivity index (χ1n) is 8.35. The third-order valence-electron chi connectivity index (χ3n) is 4.31. The summed E-state index contributed by atoms with van der Waals surface area (Å²) < 4.78 is 0. The predicted octanol–water partition coefficient (Wildman–Crippen LogP) is 2.85. The van der Waals surface area contributed by atoms with Crippen LogP contribution in [-0.4, -0.2) is 35.0 Å². The zero-order valence-electron chi connectivity index (χ0n) is 14.1. The number of carbonyl (C=O) groups is 2. The summed E-state index contributed by atoms with van der Waals surface area (Å²) in [5.41, 5.74) is 2.87. The van der Waals surface area contributed by atoms with Gasteiger partial charge in [0.2, 0.25) is 0 Å². The van der Waals surface area contributed by atoms with Crippen LogP contribution in [0.5, 0.6) is 0 Å². The number of Topliss-reactive ketones (excluding diaryl/α,β-unsaturated/α-hetero) is 1. The van der Waals surface area contributed by atoms with Crippen molar-refractivity contribution in [2.24, 2.45) is 0 Å². The molecule has 3 unspecified atom stereocenters. The van der Waals surface area contributed by atoms with Crippen LogP contribution in [0, 0.1) is 0 Å². The number of carbonyl (C=O) groups excluding carboxylic acids is 1. The SMILES string of the molecule is CCCCC(NC(C)C(=O)c1ccc2c(c1)CC(C)N2)C(=O)O. The molecule has 0 aliphatic carbocycles. The van der Waals surface area contributed by atoms with Gasteiger partial charge in [-0.25, -0.2) is 0 Å². The van der Waals surface area contributed by atoms with Gasteiger partial charge in [-0.2, -0.15) is 0 Å². The van der Waals surface area contributed by atoms with Crippen LogP contribution in [0.2, 0.25) is 0 Å². The summed E-state index contributed by atoms with van der Waals surface area (Å²) in [4.78, 5) is 23.9. The summed E-state index contributed by atoms with van der Waals surface area (Å²) in [5, 5.41) is 15.6. The second kappa shape index (κ2) is 7.59. The first-order chi connectivity index (χ1) is 10.9. The van der Waals surface area contributed by atoms with Crippen molar-refractivity contribution in [1.29, 1.82) is 0 Å². The Bertz CT molecular complexity index is 586. The Kier molecular flexibility index (Phi) is 5.77. The van der Waals surface area contributed by atoms with Crippen molar-refractivity contribution in [3.63, 3.8) is 0 Å². The van der Waals surface area contributed by atoms with E-state index in [2.05, 4.69) is 17.6 Å². The highest BCUT2D eigenvalue weighted by molar-refractivity contribution is 6.00. The van der Waals surface area contributed by atoms with Crippen LogP contribution in [0.25, 0.3) is 0 Å². The summed E-state index contributed by atoms with van der Waals surface area (Å²) in [7, 11) is 0. The van der Waals surface area contributed by atoms with Crippen LogP contribution in [0.15, 0.2) is 18.2 Å². The number of carboxylic acids is 1. The fraction of sp³-hybridized carbons (Fsp3) is 0.556. The van der Waals surface area contributed by atoms with Gasteiger partial charge >= 0.3 is 5.97 Å². The first kappa shape index (κ1) is 17.5. The van der Waals surface area contributed by atoms with Crippen LogP contribution >= 0.6 is 0 Å². The van der Waals surface area contributed by atoms with Crippen molar-refractivity contribution >= 4 is 17.4 Å². The van der Waals surface area contributed by atoms with Crippen LogP contribution in [0.3, 0.4) is 0 Å². The van der Waals surface area contributed by atoms with E-state index in [0.29, 0.717) is 18.0 Å². The van der Waals surface area contributed by atoms with Gasteiger partial charge in [-0.15, -0.1) is 0 Å². The van der Waals surface area contributed by atoms with Gasteiger partial charge in [-0.1, -0.05) is 19.8 Å². The van der Waals surface area contributed by atoms with Gasteiger partial charge in [-0.05, 0) is 50.5 Å². The number of hydrogen-bond acceptors (Lipinski definition) is 4. The lowest BCUT2D eigenvalue weighted by Gasteiger charge is -2.19. The number of aliphatic carboxylic acids is 1. The maximum Gasteiger partial charge on any atom is 0.320 e. The van der Waals surface area contributed by atoms with Gasteiger partial charge in [-0.3, -0.25) is 14.9 Å². The minimum atomic E-state index is -0.898. The molecule has 5 nitrogen and oxygen atoms in total.